The number of phenols is 1. The van der Waals surface area contributed by atoms with Crippen LogP contribution < -0.4 is 5.32 Å². The number of carbonyl (C=O) groups is 3. The smallest absolute Gasteiger partial charge is 0.335 e. The molecule has 0 aliphatic heterocycles. The lowest BCUT2D eigenvalue weighted by Crippen LogP contribution is -2.31. The average molecular weight is 349 g/mol. The van der Waals surface area contributed by atoms with Gasteiger partial charge in [0.2, 0.25) is 0 Å². The summed E-state index contributed by atoms with van der Waals surface area (Å²) in [4.78, 5) is 35.8. The van der Waals surface area contributed by atoms with Gasteiger partial charge >= 0.3 is 5.97 Å². The van der Waals surface area contributed by atoms with Crippen LogP contribution in [0.3, 0.4) is 0 Å². The first kappa shape index (κ1) is 17.2. The lowest BCUT2D eigenvalue weighted by atomic mass is 10.0. The third-order valence-corrected chi connectivity index (χ3v) is 4.06. The van der Waals surface area contributed by atoms with Crippen LogP contribution in [-0.2, 0) is 0 Å². The van der Waals surface area contributed by atoms with Crippen LogP contribution in [0.15, 0.2) is 54.6 Å². The van der Waals surface area contributed by atoms with Gasteiger partial charge in [0.25, 0.3) is 11.8 Å². The molecule has 130 valence electrons. The van der Waals surface area contributed by atoms with Gasteiger partial charge in [-0.1, -0.05) is 24.3 Å². The van der Waals surface area contributed by atoms with Gasteiger partial charge in [-0.25, -0.2) is 4.79 Å². The maximum absolute atomic E-state index is 12.4. The molecule has 0 radical (unpaired) electrons. The van der Waals surface area contributed by atoms with Crippen molar-refractivity contribution in [3.63, 3.8) is 0 Å². The second kappa shape index (κ2) is 6.68. The second-order valence-corrected chi connectivity index (χ2v) is 5.83. The van der Waals surface area contributed by atoms with Crippen molar-refractivity contribution >= 4 is 28.6 Å². The predicted molar refractivity (Wildman–Crippen MR) is 95.5 cm³/mol. The first-order valence-corrected chi connectivity index (χ1v) is 7.78. The molecule has 3 N–H and O–H groups in total. The van der Waals surface area contributed by atoms with E-state index in [1.54, 1.807) is 37.3 Å². The molecule has 3 rings (SSSR count). The van der Waals surface area contributed by atoms with Gasteiger partial charge in [-0.15, -0.1) is 0 Å². The van der Waals surface area contributed by atoms with Crippen molar-refractivity contribution in [2.75, 3.05) is 0 Å². The lowest BCUT2D eigenvalue weighted by molar-refractivity contribution is 0.0696. The molecule has 0 aromatic heterocycles. The highest BCUT2D eigenvalue weighted by atomic mass is 16.4. The minimum atomic E-state index is -1.10. The van der Waals surface area contributed by atoms with Crippen molar-refractivity contribution < 1.29 is 24.6 Å². The number of aromatic hydroxyl groups is 1. The normalized spacial score (nSPS) is 10.5. The van der Waals surface area contributed by atoms with E-state index in [-0.39, 0.29) is 16.9 Å². The Balaban J connectivity index is 1.94. The van der Waals surface area contributed by atoms with Gasteiger partial charge in [-0.3, -0.25) is 14.9 Å². The quantitative estimate of drug-likeness (QED) is 0.630. The number of imide groups is 1. The second-order valence-electron chi connectivity index (χ2n) is 5.83. The maximum Gasteiger partial charge on any atom is 0.335 e. The summed E-state index contributed by atoms with van der Waals surface area (Å²) in [6, 6.07) is 13.9. The van der Waals surface area contributed by atoms with Crippen LogP contribution in [0.25, 0.3) is 10.8 Å². The summed E-state index contributed by atoms with van der Waals surface area (Å²) in [5.74, 6) is -2.73. The third-order valence-electron chi connectivity index (χ3n) is 4.06. The van der Waals surface area contributed by atoms with Crippen molar-refractivity contribution in [1.29, 1.82) is 0 Å². The Labute approximate surface area is 148 Å². The number of nitrogens with one attached hydrogen (secondary N) is 1. The van der Waals surface area contributed by atoms with E-state index in [2.05, 4.69) is 5.32 Å². The van der Waals surface area contributed by atoms with Crippen molar-refractivity contribution in [3.05, 3.63) is 76.9 Å². The fourth-order valence-corrected chi connectivity index (χ4v) is 2.67. The molecule has 3 aromatic carbocycles. The van der Waals surface area contributed by atoms with Gasteiger partial charge in [-0.05, 0) is 53.6 Å². The summed E-state index contributed by atoms with van der Waals surface area (Å²) >= 11 is 0. The highest BCUT2D eigenvalue weighted by Gasteiger charge is 2.18. The molecule has 0 unspecified atom stereocenters. The Hall–Kier alpha value is -3.67. The molecule has 0 aliphatic carbocycles. The van der Waals surface area contributed by atoms with Crippen molar-refractivity contribution in [2.24, 2.45) is 0 Å². The lowest BCUT2D eigenvalue weighted by Gasteiger charge is -2.09. The summed E-state index contributed by atoms with van der Waals surface area (Å²) in [6.45, 7) is 1.75. The number of carbonyl (C=O) groups excluding carboxylic acids is 2. The Kier molecular flexibility index (Phi) is 4.41. The highest BCUT2D eigenvalue weighted by Crippen LogP contribution is 2.26. The monoisotopic (exact) mass is 349 g/mol. The van der Waals surface area contributed by atoms with Crippen molar-refractivity contribution in [1.82, 2.24) is 5.32 Å². The minimum Gasteiger partial charge on any atom is -0.507 e. The fourth-order valence-electron chi connectivity index (χ4n) is 2.67. The zero-order chi connectivity index (χ0) is 18.8. The van der Waals surface area contributed by atoms with Gasteiger partial charge in [0, 0.05) is 5.56 Å². The van der Waals surface area contributed by atoms with E-state index < -0.39 is 17.8 Å². The molecule has 0 fully saturated rings. The molecule has 0 heterocycles. The number of aromatic carboxylic acids is 1. The average Bonchev–Trinajstić information content (AvgIpc) is 2.60. The Bertz CT molecular complexity index is 1060. The standard InChI is InChI=1S/C20H15NO5/c1-11-4-2-3-5-15(11)18(23)21-19(24)16-9-14-8-13(20(25)26)7-6-12(14)10-17(16)22/h2-10,22H,1H3,(H,25,26)(H,21,23,24). The molecule has 3 aromatic rings. The number of carboxylic acids is 1. The highest BCUT2D eigenvalue weighted by molar-refractivity contribution is 6.13. The molecule has 0 spiro atoms. The first-order valence-electron chi connectivity index (χ1n) is 7.78. The number of phenolic OH excluding ortho intramolecular Hbond substituents is 1. The van der Waals surface area contributed by atoms with E-state index in [9.17, 15) is 19.5 Å². The molecule has 6 nitrogen and oxygen atoms in total. The number of aryl methyl sites for hydroxylation is 1. The first-order chi connectivity index (χ1) is 12.4. The molecule has 0 atom stereocenters. The van der Waals surface area contributed by atoms with E-state index in [1.807, 2.05) is 0 Å². The van der Waals surface area contributed by atoms with Gasteiger partial charge in [-0.2, -0.15) is 0 Å². The minimum absolute atomic E-state index is 0.0607. The summed E-state index contributed by atoms with van der Waals surface area (Å²) in [5.41, 5.74) is 1.02. The summed E-state index contributed by atoms with van der Waals surface area (Å²) in [6.07, 6.45) is 0. The number of fused-ring (bicyclic) bond motifs is 1. The van der Waals surface area contributed by atoms with Gasteiger partial charge in [0.1, 0.15) is 5.75 Å². The van der Waals surface area contributed by atoms with Crippen molar-refractivity contribution in [3.8, 4) is 5.75 Å². The summed E-state index contributed by atoms with van der Waals surface area (Å²) < 4.78 is 0. The van der Waals surface area contributed by atoms with Crippen LogP contribution in [0.5, 0.6) is 5.75 Å². The van der Waals surface area contributed by atoms with Gasteiger partial charge in [0.05, 0.1) is 11.1 Å². The number of carboxylic acid groups (broad SMARTS) is 1. The molecule has 26 heavy (non-hydrogen) atoms. The van der Waals surface area contributed by atoms with Crippen LogP contribution in [-0.4, -0.2) is 28.0 Å². The molecule has 2 amide bonds. The van der Waals surface area contributed by atoms with Gasteiger partial charge in [0.15, 0.2) is 0 Å². The molecule has 0 aliphatic rings. The Morgan fingerprint density at radius 2 is 1.54 bits per heavy atom. The van der Waals surface area contributed by atoms with Gasteiger partial charge < -0.3 is 10.2 Å². The number of hydrogen-bond acceptors (Lipinski definition) is 4. The van der Waals surface area contributed by atoms with E-state index in [0.29, 0.717) is 21.9 Å². The third kappa shape index (κ3) is 3.25. The van der Waals surface area contributed by atoms with E-state index in [1.165, 1.54) is 24.3 Å². The van der Waals surface area contributed by atoms with Crippen LogP contribution in [0.4, 0.5) is 0 Å². The Morgan fingerprint density at radius 3 is 2.23 bits per heavy atom. The van der Waals surface area contributed by atoms with Crippen LogP contribution in [0.2, 0.25) is 0 Å². The van der Waals surface area contributed by atoms with Crippen LogP contribution in [0, 0.1) is 6.92 Å². The number of rotatable bonds is 3. The van der Waals surface area contributed by atoms with Crippen molar-refractivity contribution in [2.45, 2.75) is 6.92 Å². The zero-order valence-corrected chi connectivity index (χ0v) is 13.8. The predicted octanol–water partition coefficient (Wildman–Crippen LogP) is 3.12. The Morgan fingerprint density at radius 1 is 0.846 bits per heavy atom. The molecule has 0 saturated heterocycles. The fraction of sp³-hybridized carbons (Fsp3) is 0.0500. The van der Waals surface area contributed by atoms with E-state index in [0.717, 1.165) is 0 Å². The molecule has 6 heteroatoms. The van der Waals surface area contributed by atoms with E-state index >= 15 is 0 Å². The zero-order valence-electron chi connectivity index (χ0n) is 13.8. The maximum atomic E-state index is 12.4. The molecular formula is C20H15NO5. The summed E-state index contributed by atoms with van der Waals surface area (Å²) in [5, 5.41) is 22.5. The molecular weight excluding hydrogens is 334 g/mol. The molecule has 0 bridgehead atoms. The number of benzene rings is 3. The number of hydrogen-bond donors (Lipinski definition) is 3. The van der Waals surface area contributed by atoms with Crippen LogP contribution in [0.1, 0.15) is 36.6 Å². The number of amides is 2. The molecule has 0 saturated carbocycles. The SMILES string of the molecule is Cc1ccccc1C(=O)NC(=O)c1cc2cc(C(=O)O)ccc2cc1O. The van der Waals surface area contributed by atoms with Crippen LogP contribution >= 0.6 is 0 Å². The topological polar surface area (TPSA) is 104 Å². The van der Waals surface area contributed by atoms with E-state index in [4.69, 9.17) is 5.11 Å². The largest absolute Gasteiger partial charge is 0.507 e. The summed E-state index contributed by atoms with van der Waals surface area (Å²) in [7, 11) is 0.